The highest BCUT2D eigenvalue weighted by molar-refractivity contribution is 9.09. The Labute approximate surface area is 124 Å². The van der Waals surface area contributed by atoms with Gasteiger partial charge in [0.05, 0.1) is 11.4 Å². The van der Waals surface area contributed by atoms with Gasteiger partial charge in [-0.15, -0.1) is 0 Å². The van der Waals surface area contributed by atoms with Gasteiger partial charge in [0.25, 0.3) is 0 Å². The van der Waals surface area contributed by atoms with Crippen molar-refractivity contribution >= 4 is 26.0 Å². The van der Waals surface area contributed by atoms with Gasteiger partial charge >= 0.3 is 0 Å². The van der Waals surface area contributed by atoms with Gasteiger partial charge < -0.3 is 0 Å². The fourth-order valence-electron chi connectivity index (χ4n) is 1.99. The molecule has 1 rings (SSSR count). The van der Waals surface area contributed by atoms with Gasteiger partial charge in [0.15, 0.2) is 0 Å². The highest BCUT2D eigenvalue weighted by Gasteiger charge is 2.22. The summed E-state index contributed by atoms with van der Waals surface area (Å²) in [4.78, 5) is 0.315. The summed E-state index contributed by atoms with van der Waals surface area (Å²) in [5, 5.41) is 5.14. The number of aryl methyl sites for hydroxylation is 2. The molecule has 7 heteroatoms. The molecule has 0 spiro atoms. The second-order valence-electron chi connectivity index (χ2n) is 4.62. The van der Waals surface area contributed by atoms with Crippen LogP contribution in [0.3, 0.4) is 0 Å². The molecule has 5 nitrogen and oxygen atoms in total. The van der Waals surface area contributed by atoms with Gasteiger partial charge in [-0.1, -0.05) is 28.8 Å². The SMILES string of the molecule is Cc1nn(C)c(C)c1S(=O)(=O)NCCCCCCBr. The van der Waals surface area contributed by atoms with E-state index >= 15 is 0 Å². The van der Waals surface area contributed by atoms with Crippen molar-refractivity contribution in [3.8, 4) is 0 Å². The minimum atomic E-state index is -3.44. The first-order valence-corrected chi connectivity index (χ1v) is 9.06. The van der Waals surface area contributed by atoms with Crippen molar-refractivity contribution in [3.05, 3.63) is 11.4 Å². The molecule has 0 fully saturated rings. The number of nitrogens with one attached hydrogen (secondary N) is 1. The van der Waals surface area contributed by atoms with Gasteiger partial charge in [-0.2, -0.15) is 5.10 Å². The lowest BCUT2D eigenvalue weighted by atomic mass is 10.2. The summed E-state index contributed by atoms with van der Waals surface area (Å²) >= 11 is 3.38. The maximum atomic E-state index is 12.2. The molecule has 0 amide bonds. The Kier molecular flexibility index (Phi) is 6.49. The molecule has 0 bridgehead atoms. The molecule has 1 N–H and O–H groups in total. The first-order chi connectivity index (χ1) is 8.90. The van der Waals surface area contributed by atoms with Crippen molar-refractivity contribution < 1.29 is 8.42 Å². The van der Waals surface area contributed by atoms with Gasteiger partial charge in [0, 0.05) is 18.9 Å². The smallest absolute Gasteiger partial charge is 0.244 e. The zero-order chi connectivity index (χ0) is 14.5. The monoisotopic (exact) mass is 351 g/mol. The van der Waals surface area contributed by atoms with E-state index in [9.17, 15) is 8.42 Å². The highest BCUT2D eigenvalue weighted by atomic mass is 79.9. The molecular formula is C12H22BrN3O2S. The molecule has 0 aliphatic carbocycles. The topological polar surface area (TPSA) is 64.0 Å². The minimum Gasteiger partial charge on any atom is -0.271 e. The molecule has 0 aliphatic heterocycles. The van der Waals surface area contributed by atoms with Crippen molar-refractivity contribution in [1.29, 1.82) is 0 Å². The van der Waals surface area contributed by atoms with E-state index in [0.717, 1.165) is 31.0 Å². The molecule has 0 aliphatic rings. The molecule has 0 radical (unpaired) electrons. The molecule has 0 unspecified atom stereocenters. The number of alkyl halides is 1. The number of nitrogens with zero attached hydrogens (tertiary/aromatic N) is 2. The normalized spacial score (nSPS) is 12.0. The number of hydrogen-bond donors (Lipinski definition) is 1. The standard InChI is InChI=1S/C12H22BrN3O2S/c1-10-12(11(2)16(3)15-10)19(17,18)14-9-7-5-4-6-8-13/h14H,4-9H2,1-3H3. The van der Waals surface area contributed by atoms with E-state index in [2.05, 4.69) is 25.8 Å². The Hall–Kier alpha value is -0.400. The molecule has 0 atom stereocenters. The molecule has 110 valence electrons. The third-order valence-corrected chi connectivity index (χ3v) is 5.34. The van der Waals surface area contributed by atoms with E-state index in [1.807, 2.05) is 0 Å². The van der Waals surface area contributed by atoms with Crippen LogP contribution in [0.4, 0.5) is 0 Å². The Morgan fingerprint density at radius 3 is 2.37 bits per heavy atom. The molecule has 1 aromatic heterocycles. The Bertz CT molecular complexity index is 511. The predicted octanol–water partition coefficient (Wildman–Crippen LogP) is 2.27. The fraction of sp³-hybridized carbons (Fsp3) is 0.750. The third kappa shape index (κ3) is 4.57. The van der Waals surface area contributed by atoms with Crippen LogP contribution in [0.15, 0.2) is 4.90 Å². The van der Waals surface area contributed by atoms with E-state index in [-0.39, 0.29) is 0 Å². The summed E-state index contributed by atoms with van der Waals surface area (Å²) in [7, 11) is -1.68. The highest BCUT2D eigenvalue weighted by Crippen LogP contribution is 2.18. The van der Waals surface area contributed by atoms with Crippen molar-refractivity contribution in [2.75, 3.05) is 11.9 Å². The van der Waals surface area contributed by atoms with E-state index in [1.54, 1.807) is 25.6 Å². The maximum absolute atomic E-state index is 12.2. The van der Waals surface area contributed by atoms with Crippen LogP contribution in [0, 0.1) is 13.8 Å². The number of aromatic nitrogens is 2. The Morgan fingerprint density at radius 1 is 1.21 bits per heavy atom. The van der Waals surface area contributed by atoms with Crippen LogP contribution >= 0.6 is 15.9 Å². The number of halogens is 1. The first kappa shape index (κ1) is 16.7. The van der Waals surface area contributed by atoms with E-state index in [0.29, 0.717) is 22.8 Å². The lowest BCUT2D eigenvalue weighted by Crippen LogP contribution is -2.25. The first-order valence-electron chi connectivity index (χ1n) is 6.46. The minimum absolute atomic E-state index is 0.315. The van der Waals surface area contributed by atoms with Crippen LogP contribution < -0.4 is 4.72 Å². The predicted molar refractivity (Wildman–Crippen MR) is 80.1 cm³/mol. The van der Waals surface area contributed by atoms with Crippen LogP contribution in [0.25, 0.3) is 0 Å². The van der Waals surface area contributed by atoms with E-state index in [4.69, 9.17) is 0 Å². The largest absolute Gasteiger partial charge is 0.271 e. The van der Waals surface area contributed by atoms with Gasteiger partial charge in [-0.25, -0.2) is 13.1 Å². The van der Waals surface area contributed by atoms with Crippen LogP contribution in [-0.4, -0.2) is 30.1 Å². The van der Waals surface area contributed by atoms with Gasteiger partial charge in [0.2, 0.25) is 10.0 Å². The summed E-state index contributed by atoms with van der Waals surface area (Å²) in [6.07, 6.45) is 4.16. The second kappa shape index (κ2) is 7.40. The van der Waals surface area contributed by atoms with Gasteiger partial charge in [0.1, 0.15) is 4.90 Å². The lowest BCUT2D eigenvalue weighted by Gasteiger charge is -2.07. The average Bonchev–Trinajstić information content (AvgIpc) is 2.58. The van der Waals surface area contributed by atoms with Gasteiger partial charge in [-0.3, -0.25) is 4.68 Å². The Morgan fingerprint density at radius 2 is 1.84 bits per heavy atom. The molecule has 0 saturated carbocycles. The molecular weight excluding hydrogens is 330 g/mol. The lowest BCUT2D eigenvalue weighted by molar-refractivity contribution is 0.572. The Balaban J connectivity index is 2.57. The third-order valence-electron chi connectivity index (χ3n) is 3.06. The number of rotatable bonds is 8. The molecule has 0 saturated heterocycles. The second-order valence-corrected chi connectivity index (χ2v) is 7.12. The summed E-state index contributed by atoms with van der Waals surface area (Å²) in [5.41, 5.74) is 1.22. The van der Waals surface area contributed by atoms with Crippen molar-refractivity contribution in [2.45, 2.75) is 44.4 Å². The van der Waals surface area contributed by atoms with E-state index in [1.165, 1.54) is 0 Å². The van der Waals surface area contributed by atoms with Crippen LogP contribution in [0.1, 0.15) is 37.1 Å². The van der Waals surface area contributed by atoms with Crippen molar-refractivity contribution in [3.63, 3.8) is 0 Å². The summed E-state index contributed by atoms with van der Waals surface area (Å²) in [6.45, 7) is 3.97. The van der Waals surface area contributed by atoms with E-state index < -0.39 is 10.0 Å². The van der Waals surface area contributed by atoms with Crippen molar-refractivity contribution in [1.82, 2.24) is 14.5 Å². The summed E-state index contributed by atoms with van der Waals surface area (Å²) in [5.74, 6) is 0. The maximum Gasteiger partial charge on any atom is 0.244 e. The summed E-state index contributed by atoms with van der Waals surface area (Å²) < 4.78 is 28.7. The van der Waals surface area contributed by atoms with Gasteiger partial charge in [-0.05, 0) is 26.7 Å². The zero-order valence-corrected chi connectivity index (χ0v) is 14.1. The molecule has 1 heterocycles. The fourth-order valence-corrected chi connectivity index (χ4v) is 3.90. The zero-order valence-electron chi connectivity index (χ0n) is 11.7. The molecule has 0 aromatic carbocycles. The molecule has 1 aromatic rings. The summed E-state index contributed by atoms with van der Waals surface area (Å²) in [6, 6.07) is 0. The van der Waals surface area contributed by atoms with Crippen LogP contribution in [0.2, 0.25) is 0 Å². The van der Waals surface area contributed by atoms with Crippen LogP contribution in [-0.2, 0) is 17.1 Å². The molecule has 19 heavy (non-hydrogen) atoms. The number of hydrogen-bond acceptors (Lipinski definition) is 3. The quantitative estimate of drug-likeness (QED) is 0.577. The number of unbranched alkanes of at least 4 members (excludes halogenated alkanes) is 3. The van der Waals surface area contributed by atoms with Crippen molar-refractivity contribution in [2.24, 2.45) is 7.05 Å². The average molecular weight is 352 g/mol. The number of sulfonamides is 1. The van der Waals surface area contributed by atoms with Crippen LogP contribution in [0.5, 0.6) is 0 Å².